The number of carbonyl (C=O) groups is 1. The van der Waals surface area contributed by atoms with Crippen molar-refractivity contribution in [3.63, 3.8) is 0 Å². The van der Waals surface area contributed by atoms with Crippen LogP contribution in [0.15, 0.2) is 36.5 Å². The van der Waals surface area contributed by atoms with Gasteiger partial charge >= 0.3 is 0 Å². The van der Waals surface area contributed by atoms with Gasteiger partial charge in [0, 0.05) is 13.6 Å². The van der Waals surface area contributed by atoms with Crippen LogP contribution in [0.2, 0.25) is 0 Å². The standard InChI is InChI=1S/C15H20N4O/c1-11(12-6-4-3-5-7-12)8-9-17-15(20)14-13(16)10-18-19(14)2/h3-7,10-11H,8-9,16H2,1-2H3,(H,17,20). The van der Waals surface area contributed by atoms with Crippen molar-refractivity contribution in [3.05, 3.63) is 47.8 Å². The minimum Gasteiger partial charge on any atom is -0.396 e. The van der Waals surface area contributed by atoms with E-state index >= 15 is 0 Å². The normalized spacial score (nSPS) is 12.1. The number of nitrogens with two attached hydrogens (primary N) is 1. The van der Waals surface area contributed by atoms with E-state index in [1.165, 1.54) is 16.4 Å². The van der Waals surface area contributed by atoms with Gasteiger partial charge in [-0.05, 0) is 17.9 Å². The SMILES string of the molecule is CC(CCNC(=O)c1c(N)cnn1C)c1ccccc1. The number of amides is 1. The summed E-state index contributed by atoms with van der Waals surface area (Å²) in [5, 5.41) is 6.85. The van der Waals surface area contributed by atoms with Gasteiger partial charge in [0.25, 0.3) is 5.91 Å². The molecular formula is C15H20N4O. The molecule has 1 aromatic carbocycles. The summed E-state index contributed by atoms with van der Waals surface area (Å²) < 4.78 is 1.49. The summed E-state index contributed by atoms with van der Waals surface area (Å²) in [7, 11) is 1.71. The first-order valence-corrected chi connectivity index (χ1v) is 6.70. The number of aryl methyl sites for hydroxylation is 1. The van der Waals surface area contributed by atoms with Crippen molar-refractivity contribution in [2.75, 3.05) is 12.3 Å². The molecule has 0 fully saturated rings. The van der Waals surface area contributed by atoms with Gasteiger partial charge in [-0.25, -0.2) is 0 Å². The zero-order chi connectivity index (χ0) is 14.5. The molecule has 5 nitrogen and oxygen atoms in total. The van der Waals surface area contributed by atoms with Crippen molar-refractivity contribution < 1.29 is 4.79 Å². The Morgan fingerprint density at radius 3 is 2.70 bits per heavy atom. The molecule has 1 amide bonds. The van der Waals surface area contributed by atoms with Crippen LogP contribution in [0.25, 0.3) is 0 Å². The number of carbonyl (C=O) groups excluding carboxylic acids is 1. The molecule has 1 unspecified atom stereocenters. The summed E-state index contributed by atoms with van der Waals surface area (Å²) >= 11 is 0. The van der Waals surface area contributed by atoms with Gasteiger partial charge in [0.1, 0.15) is 5.69 Å². The topological polar surface area (TPSA) is 72.9 Å². The fourth-order valence-corrected chi connectivity index (χ4v) is 2.17. The van der Waals surface area contributed by atoms with E-state index in [-0.39, 0.29) is 5.91 Å². The van der Waals surface area contributed by atoms with E-state index < -0.39 is 0 Å². The van der Waals surface area contributed by atoms with Crippen LogP contribution in [-0.2, 0) is 7.05 Å². The molecule has 5 heteroatoms. The van der Waals surface area contributed by atoms with Gasteiger partial charge in [0.05, 0.1) is 11.9 Å². The predicted molar refractivity (Wildman–Crippen MR) is 79.4 cm³/mol. The number of aromatic nitrogens is 2. The maximum absolute atomic E-state index is 12.0. The van der Waals surface area contributed by atoms with E-state index in [9.17, 15) is 4.79 Å². The Kier molecular flexibility index (Phi) is 4.40. The summed E-state index contributed by atoms with van der Waals surface area (Å²) in [4.78, 5) is 12.0. The molecule has 1 heterocycles. The second kappa shape index (κ2) is 6.23. The van der Waals surface area contributed by atoms with E-state index in [1.54, 1.807) is 7.05 Å². The monoisotopic (exact) mass is 272 g/mol. The fourth-order valence-electron chi connectivity index (χ4n) is 2.17. The number of hydrogen-bond acceptors (Lipinski definition) is 3. The summed E-state index contributed by atoms with van der Waals surface area (Å²) in [5.74, 6) is 0.225. The van der Waals surface area contributed by atoms with E-state index in [2.05, 4.69) is 29.5 Å². The second-order valence-corrected chi connectivity index (χ2v) is 4.93. The van der Waals surface area contributed by atoms with Crippen LogP contribution in [0.4, 0.5) is 5.69 Å². The van der Waals surface area contributed by atoms with E-state index in [4.69, 9.17) is 5.73 Å². The summed E-state index contributed by atoms with van der Waals surface area (Å²) in [6.45, 7) is 2.76. The number of rotatable bonds is 5. The second-order valence-electron chi connectivity index (χ2n) is 4.93. The molecule has 0 spiro atoms. The molecule has 20 heavy (non-hydrogen) atoms. The highest BCUT2D eigenvalue weighted by Crippen LogP contribution is 2.17. The van der Waals surface area contributed by atoms with Crippen molar-refractivity contribution in [2.45, 2.75) is 19.3 Å². The molecule has 0 radical (unpaired) electrons. The number of nitrogen functional groups attached to an aromatic ring is 1. The number of anilines is 1. The number of hydrogen-bond donors (Lipinski definition) is 2. The highest BCUT2D eigenvalue weighted by atomic mass is 16.2. The smallest absolute Gasteiger partial charge is 0.271 e. The van der Waals surface area contributed by atoms with Gasteiger partial charge in [0.2, 0.25) is 0 Å². The van der Waals surface area contributed by atoms with Crippen LogP contribution in [0.5, 0.6) is 0 Å². The molecular weight excluding hydrogens is 252 g/mol. The third kappa shape index (κ3) is 3.17. The molecule has 0 saturated heterocycles. The first-order chi connectivity index (χ1) is 9.59. The van der Waals surface area contributed by atoms with Gasteiger partial charge in [-0.2, -0.15) is 5.10 Å². The highest BCUT2D eigenvalue weighted by molar-refractivity contribution is 5.97. The first kappa shape index (κ1) is 14.1. The van der Waals surface area contributed by atoms with E-state index in [0.717, 1.165) is 6.42 Å². The molecule has 0 aliphatic rings. The minimum absolute atomic E-state index is 0.178. The Morgan fingerprint density at radius 1 is 1.40 bits per heavy atom. The summed E-state index contributed by atoms with van der Waals surface area (Å²) in [6.07, 6.45) is 2.37. The number of nitrogens with one attached hydrogen (secondary N) is 1. The minimum atomic E-state index is -0.178. The quantitative estimate of drug-likeness (QED) is 0.873. The van der Waals surface area contributed by atoms with Gasteiger partial charge < -0.3 is 11.1 Å². The Bertz CT molecular complexity index is 557. The maximum atomic E-state index is 12.0. The lowest BCUT2D eigenvalue weighted by molar-refractivity contribution is 0.0944. The van der Waals surface area contributed by atoms with Gasteiger partial charge in [0.15, 0.2) is 0 Å². The predicted octanol–water partition coefficient (Wildman–Crippen LogP) is 1.93. The summed E-state index contributed by atoms with van der Waals surface area (Å²) in [6, 6.07) is 10.3. The third-order valence-electron chi connectivity index (χ3n) is 3.41. The number of benzene rings is 1. The Morgan fingerprint density at radius 2 is 2.10 bits per heavy atom. The summed E-state index contributed by atoms with van der Waals surface area (Å²) in [5.41, 5.74) is 7.82. The van der Waals surface area contributed by atoms with Crippen LogP contribution in [0.1, 0.15) is 35.3 Å². The molecule has 0 bridgehead atoms. The molecule has 1 atom stereocenters. The largest absolute Gasteiger partial charge is 0.396 e. The Balaban J connectivity index is 1.86. The van der Waals surface area contributed by atoms with Crippen LogP contribution < -0.4 is 11.1 Å². The lowest BCUT2D eigenvalue weighted by Crippen LogP contribution is -2.28. The van der Waals surface area contributed by atoms with Crippen molar-refractivity contribution in [2.24, 2.45) is 7.05 Å². The highest BCUT2D eigenvalue weighted by Gasteiger charge is 2.14. The third-order valence-corrected chi connectivity index (χ3v) is 3.41. The number of nitrogens with zero attached hydrogens (tertiary/aromatic N) is 2. The van der Waals surface area contributed by atoms with Gasteiger partial charge in [-0.15, -0.1) is 0 Å². The lowest BCUT2D eigenvalue weighted by Gasteiger charge is -2.12. The van der Waals surface area contributed by atoms with E-state index in [0.29, 0.717) is 23.8 Å². The fraction of sp³-hybridized carbons (Fsp3) is 0.333. The van der Waals surface area contributed by atoms with Crippen LogP contribution >= 0.6 is 0 Å². The van der Waals surface area contributed by atoms with Crippen LogP contribution in [0.3, 0.4) is 0 Å². The van der Waals surface area contributed by atoms with Crippen molar-refractivity contribution in [3.8, 4) is 0 Å². The molecule has 2 rings (SSSR count). The molecule has 0 aliphatic carbocycles. The van der Waals surface area contributed by atoms with Crippen molar-refractivity contribution in [1.82, 2.24) is 15.1 Å². The van der Waals surface area contributed by atoms with Crippen molar-refractivity contribution >= 4 is 11.6 Å². The van der Waals surface area contributed by atoms with Gasteiger partial charge in [-0.3, -0.25) is 9.48 Å². The van der Waals surface area contributed by atoms with Crippen LogP contribution in [0, 0.1) is 0 Å². The molecule has 1 aromatic heterocycles. The van der Waals surface area contributed by atoms with Crippen molar-refractivity contribution in [1.29, 1.82) is 0 Å². The molecule has 106 valence electrons. The van der Waals surface area contributed by atoms with E-state index in [1.807, 2.05) is 18.2 Å². The molecule has 0 aliphatic heterocycles. The zero-order valence-electron chi connectivity index (χ0n) is 11.8. The molecule has 2 aromatic rings. The first-order valence-electron chi connectivity index (χ1n) is 6.70. The molecule has 3 N–H and O–H groups in total. The average molecular weight is 272 g/mol. The molecule has 0 saturated carbocycles. The zero-order valence-corrected chi connectivity index (χ0v) is 11.8. The van der Waals surface area contributed by atoms with Crippen LogP contribution in [-0.4, -0.2) is 22.2 Å². The van der Waals surface area contributed by atoms with Gasteiger partial charge in [-0.1, -0.05) is 37.3 Å². The Hall–Kier alpha value is -2.30. The average Bonchev–Trinajstić information content (AvgIpc) is 2.79. The maximum Gasteiger partial charge on any atom is 0.271 e. The Labute approximate surface area is 118 Å². The lowest BCUT2D eigenvalue weighted by atomic mass is 9.98.